The third-order valence-corrected chi connectivity index (χ3v) is 4.36. The molecule has 3 aromatic carbocycles. The van der Waals surface area contributed by atoms with E-state index in [2.05, 4.69) is 0 Å². The minimum absolute atomic E-state index is 0.257. The number of aryl methyl sites for hydroxylation is 1. The van der Waals surface area contributed by atoms with Crippen LogP contribution in [0, 0.1) is 0 Å². The van der Waals surface area contributed by atoms with Crippen molar-refractivity contribution in [1.29, 1.82) is 0 Å². The Kier molecular flexibility index (Phi) is 4.32. The average molecular weight is 346 g/mol. The molecule has 0 N–H and O–H groups in total. The molecule has 1 heterocycles. The molecule has 4 rings (SSSR count). The molecule has 0 bridgehead atoms. The van der Waals surface area contributed by atoms with E-state index in [1.165, 1.54) is 0 Å². The summed E-state index contributed by atoms with van der Waals surface area (Å²) in [6, 6.07) is 21.0. The Hall–Kier alpha value is -3.27. The summed E-state index contributed by atoms with van der Waals surface area (Å²) in [5, 5.41) is 1.96. The lowest BCUT2D eigenvalue weighted by molar-refractivity contribution is -0.134. The number of carbonyl (C=O) groups excluding carboxylic acids is 1. The van der Waals surface area contributed by atoms with Crippen LogP contribution in [0.15, 0.2) is 71.1 Å². The third-order valence-electron chi connectivity index (χ3n) is 4.36. The van der Waals surface area contributed by atoms with Crippen LogP contribution in [0.3, 0.4) is 0 Å². The number of ether oxygens (including phenoxy) is 2. The van der Waals surface area contributed by atoms with Gasteiger partial charge in [0.2, 0.25) is 0 Å². The van der Waals surface area contributed by atoms with Gasteiger partial charge in [-0.3, -0.25) is 4.79 Å². The Morgan fingerprint density at radius 1 is 0.885 bits per heavy atom. The van der Waals surface area contributed by atoms with Crippen molar-refractivity contribution >= 4 is 27.9 Å². The van der Waals surface area contributed by atoms with Gasteiger partial charge in [-0.15, -0.1) is 0 Å². The van der Waals surface area contributed by atoms with E-state index < -0.39 is 0 Å². The van der Waals surface area contributed by atoms with Crippen molar-refractivity contribution < 1.29 is 18.7 Å². The molecule has 0 fully saturated rings. The zero-order valence-electron chi connectivity index (χ0n) is 14.4. The normalized spacial score (nSPS) is 11.0. The van der Waals surface area contributed by atoms with E-state index in [9.17, 15) is 4.79 Å². The zero-order valence-corrected chi connectivity index (χ0v) is 14.4. The molecule has 26 heavy (non-hydrogen) atoms. The topological polar surface area (TPSA) is 48.7 Å². The molecule has 0 aliphatic carbocycles. The van der Waals surface area contributed by atoms with Gasteiger partial charge in [0.25, 0.3) is 0 Å². The molecule has 0 amide bonds. The number of hydrogen-bond acceptors (Lipinski definition) is 4. The Labute approximate surface area is 150 Å². The van der Waals surface area contributed by atoms with Gasteiger partial charge < -0.3 is 13.9 Å². The van der Waals surface area contributed by atoms with Crippen LogP contribution in [0.1, 0.15) is 12.0 Å². The van der Waals surface area contributed by atoms with E-state index in [0.717, 1.165) is 33.3 Å². The lowest BCUT2D eigenvalue weighted by Gasteiger charge is -2.05. The van der Waals surface area contributed by atoms with Gasteiger partial charge in [-0.2, -0.15) is 0 Å². The SMILES string of the molecule is COc1ccc(CCC(=O)Oc2ccc3oc4ccccc4c3c2)cc1. The van der Waals surface area contributed by atoms with Crippen LogP contribution in [-0.2, 0) is 11.2 Å². The van der Waals surface area contributed by atoms with Crippen LogP contribution in [0.5, 0.6) is 11.5 Å². The highest BCUT2D eigenvalue weighted by molar-refractivity contribution is 6.05. The second-order valence-corrected chi connectivity index (χ2v) is 6.08. The van der Waals surface area contributed by atoms with Crippen molar-refractivity contribution in [1.82, 2.24) is 0 Å². The summed E-state index contributed by atoms with van der Waals surface area (Å²) in [6.45, 7) is 0. The Bertz CT molecular complexity index is 1060. The highest BCUT2D eigenvalue weighted by Gasteiger charge is 2.10. The maximum atomic E-state index is 12.2. The molecular formula is C22H18O4. The number of rotatable bonds is 5. The molecule has 0 aliphatic rings. The van der Waals surface area contributed by atoms with E-state index >= 15 is 0 Å². The number of para-hydroxylation sites is 1. The number of esters is 1. The summed E-state index contributed by atoms with van der Waals surface area (Å²) < 4.78 is 16.4. The number of fused-ring (bicyclic) bond motifs is 3. The van der Waals surface area contributed by atoms with E-state index in [-0.39, 0.29) is 5.97 Å². The smallest absolute Gasteiger partial charge is 0.311 e. The fourth-order valence-corrected chi connectivity index (χ4v) is 2.99. The van der Waals surface area contributed by atoms with Gasteiger partial charge in [-0.25, -0.2) is 0 Å². The highest BCUT2D eigenvalue weighted by atomic mass is 16.5. The van der Waals surface area contributed by atoms with Gasteiger partial charge in [-0.1, -0.05) is 30.3 Å². The molecule has 4 aromatic rings. The summed E-state index contributed by atoms with van der Waals surface area (Å²) in [7, 11) is 1.63. The van der Waals surface area contributed by atoms with E-state index in [0.29, 0.717) is 18.6 Å². The first-order valence-electron chi connectivity index (χ1n) is 8.48. The fourth-order valence-electron chi connectivity index (χ4n) is 2.99. The molecule has 4 heteroatoms. The molecule has 0 unspecified atom stereocenters. The highest BCUT2D eigenvalue weighted by Crippen LogP contribution is 2.31. The zero-order chi connectivity index (χ0) is 17.9. The largest absolute Gasteiger partial charge is 0.497 e. The lowest BCUT2D eigenvalue weighted by Crippen LogP contribution is -2.08. The molecular weight excluding hydrogens is 328 g/mol. The molecule has 4 nitrogen and oxygen atoms in total. The minimum Gasteiger partial charge on any atom is -0.497 e. The van der Waals surface area contributed by atoms with Crippen LogP contribution in [0.2, 0.25) is 0 Å². The van der Waals surface area contributed by atoms with Gasteiger partial charge >= 0.3 is 5.97 Å². The summed E-state index contributed by atoms with van der Waals surface area (Å²) in [6.07, 6.45) is 0.941. The fraction of sp³-hybridized carbons (Fsp3) is 0.136. The van der Waals surface area contributed by atoms with Crippen LogP contribution in [-0.4, -0.2) is 13.1 Å². The standard InChI is InChI=1S/C22H18O4/c1-24-16-9-6-15(7-10-16)8-13-22(23)25-17-11-12-21-19(14-17)18-4-2-3-5-20(18)26-21/h2-7,9-12,14H,8,13H2,1H3. The van der Waals surface area contributed by atoms with Crippen molar-refractivity contribution in [3.8, 4) is 11.5 Å². The van der Waals surface area contributed by atoms with Crippen LogP contribution in [0.25, 0.3) is 21.9 Å². The molecule has 0 saturated carbocycles. The van der Waals surface area contributed by atoms with Crippen molar-refractivity contribution in [2.45, 2.75) is 12.8 Å². The Morgan fingerprint density at radius 3 is 2.42 bits per heavy atom. The quantitative estimate of drug-likeness (QED) is 0.371. The van der Waals surface area contributed by atoms with Crippen molar-refractivity contribution in [3.05, 3.63) is 72.3 Å². The number of methoxy groups -OCH3 is 1. The summed E-state index contributed by atoms with van der Waals surface area (Å²) in [4.78, 5) is 12.2. The molecule has 0 radical (unpaired) electrons. The van der Waals surface area contributed by atoms with E-state index in [4.69, 9.17) is 13.9 Å². The maximum Gasteiger partial charge on any atom is 0.311 e. The van der Waals surface area contributed by atoms with Crippen LogP contribution >= 0.6 is 0 Å². The van der Waals surface area contributed by atoms with Crippen LogP contribution in [0.4, 0.5) is 0 Å². The monoisotopic (exact) mass is 346 g/mol. The number of carbonyl (C=O) groups is 1. The summed E-state index contributed by atoms with van der Waals surface area (Å²) in [5.74, 6) is 1.08. The first-order chi connectivity index (χ1) is 12.7. The first-order valence-corrected chi connectivity index (χ1v) is 8.48. The minimum atomic E-state index is -0.257. The van der Waals surface area contributed by atoms with E-state index in [1.807, 2.05) is 60.7 Å². The maximum absolute atomic E-state index is 12.2. The van der Waals surface area contributed by atoms with Gasteiger partial charge in [-0.05, 0) is 48.4 Å². The summed E-state index contributed by atoms with van der Waals surface area (Å²) >= 11 is 0. The lowest BCUT2D eigenvalue weighted by atomic mass is 10.1. The number of furan rings is 1. The second kappa shape index (κ2) is 6.92. The van der Waals surface area contributed by atoms with Gasteiger partial charge in [0, 0.05) is 17.2 Å². The first kappa shape index (κ1) is 16.2. The predicted molar refractivity (Wildman–Crippen MR) is 101 cm³/mol. The molecule has 130 valence electrons. The number of hydrogen-bond donors (Lipinski definition) is 0. The molecule has 0 saturated heterocycles. The predicted octanol–water partition coefficient (Wildman–Crippen LogP) is 5.13. The van der Waals surface area contributed by atoms with Crippen molar-refractivity contribution in [2.24, 2.45) is 0 Å². The van der Waals surface area contributed by atoms with Gasteiger partial charge in [0.1, 0.15) is 22.7 Å². The Morgan fingerprint density at radius 2 is 1.62 bits per heavy atom. The van der Waals surface area contributed by atoms with E-state index in [1.54, 1.807) is 13.2 Å². The Balaban J connectivity index is 1.45. The number of benzene rings is 3. The van der Waals surface area contributed by atoms with Crippen molar-refractivity contribution in [3.63, 3.8) is 0 Å². The third kappa shape index (κ3) is 3.26. The molecule has 0 aliphatic heterocycles. The molecule has 0 spiro atoms. The van der Waals surface area contributed by atoms with Crippen LogP contribution < -0.4 is 9.47 Å². The second-order valence-electron chi connectivity index (χ2n) is 6.08. The molecule has 0 atom stereocenters. The molecule has 1 aromatic heterocycles. The average Bonchev–Trinajstić information content (AvgIpc) is 3.05. The van der Waals surface area contributed by atoms with Gasteiger partial charge in [0.15, 0.2) is 0 Å². The van der Waals surface area contributed by atoms with Crippen molar-refractivity contribution in [2.75, 3.05) is 7.11 Å². The summed E-state index contributed by atoms with van der Waals surface area (Å²) in [5.41, 5.74) is 2.67. The van der Waals surface area contributed by atoms with Gasteiger partial charge in [0.05, 0.1) is 7.11 Å².